The number of ether oxygens (including phenoxy) is 2. The summed E-state index contributed by atoms with van der Waals surface area (Å²) >= 11 is 0. The third-order valence-electron chi connectivity index (χ3n) is 7.42. The number of likely N-dealkylation sites (tertiary alicyclic amines) is 1. The second-order valence-electron chi connectivity index (χ2n) is 9.20. The average molecular weight is 405 g/mol. The second-order valence-corrected chi connectivity index (χ2v) is 9.20. The first-order valence-electron chi connectivity index (χ1n) is 11.1. The van der Waals surface area contributed by atoms with Crippen LogP contribution in [0.3, 0.4) is 0 Å². The van der Waals surface area contributed by atoms with Crippen molar-refractivity contribution in [3.05, 3.63) is 53.3 Å². The van der Waals surface area contributed by atoms with Crippen molar-refractivity contribution in [1.82, 2.24) is 15.2 Å². The molecule has 2 aromatic rings. The van der Waals surface area contributed by atoms with Crippen molar-refractivity contribution < 1.29 is 14.3 Å². The van der Waals surface area contributed by atoms with Crippen LogP contribution in [0.1, 0.15) is 53.7 Å². The second kappa shape index (κ2) is 6.98. The highest BCUT2D eigenvalue weighted by Gasteiger charge is 2.60. The molecular formula is C24H27N3O3. The van der Waals surface area contributed by atoms with Crippen LogP contribution in [0.2, 0.25) is 0 Å². The van der Waals surface area contributed by atoms with Crippen LogP contribution < -0.4 is 14.8 Å². The largest absolute Gasteiger partial charge is 0.454 e. The summed E-state index contributed by atoms with van der Waals surface area (Å²) < 4.78 is 11.0. The maximum atomic E-state index is 12.5. The standard InChI is InChI=1S/C24H27N3O3/c28-23-19-11-21-22(30-15-29-21)12-20(19)24(26-23)13-17(24)5-4-16-6-9-27(10-7-16)14-18-3-1-2-8-25-18/h1-3,8,11-12,16-17H,4-7,9-10,13-15H2,(H,26,28). The van der Waals surface area contributed by atoms with Crippen molar-refractivity contribution in [3.63, 3.8) is 0 Å². The molecule has 0 radical (unpaired) electrons. The first-order valence-corrected chi connectivity index (χ1v) is 11.1. The Balaban J connectivity index is 1.04. The highest BCUT2D eigenvalue weighted by atomic mass is 16.7. The Kier molecular flexibility index (Phi) is 4.23. The number of fused-ring (bicyclic) bond motifs is 3. The van der Waals surface area contributed by atoms with Crippen LogP contribution in [0.15, 0.2) is 36.5 Å². The van der Waals surface area contributed by atoms with Gasteiger partial charge in [0, 0.05) is 18.3 Å². The van der Waals surface area contributed by atoms with Crippen molar-refractivity contribution in [2.75, 3.05) is 19.9 Å². The molecule has 1 aromatic heterocycles. The zero-order valence-corrected chi connectivity index (χ0v) is 17.1. The minimum atomic E-state index is -0.160. The number of benzene rings is 1. The molecule has 156 valence electrons. The zero-order chi connectivity index (χ0) is 20.1. The SMILES string of the molecule is O=C1NC2(CC2CCC2CCN(Cc3ccccn3)CC2)c2cc3c(cc21)OCO3. The van der Waals surface area contributed by atoms with E-state index in [0.717, 1.165) is 54.5 Å². The molecule has 1 amide bonds. The molecule has 1 N–H and O–H groups in total. The van der Waals surface area contributed by atoms with E-state index in [-0.39, 0.29) is 18.2 Å². The van der Waals surface area contributed by atoms with E-state index in [1.807, 2.05) is 24.4 Å². The number of aromatic nitrogens is 1. The first-order chi connectivity index (χ1) is 14.7. The molecule has 2 atom stereocenters. The van der Waals surface area contributed by atoms with Crippen molar-refractivity contribution >= 4 is 5.91 Å². The smallest absolute Gasteiger partial charge is 0.252 e. The number of carbonyl (C=O) groups is 1. The van der Waals surface area contributed by atoms with Gasteiger partial charge >= 0.3 is 0 Å². The van der Waals surface area contributed by atoms with Crippen LogP contribution in [-0.2, 0) is 12.1 Å². The van der Waals surface area contributed by atoms with E-state index in [9.17, 15) is 4.79 Å². The quantitative estimate of drug-likeness (QED) is 0.825. The minimum Gasteiger partial charge on any atom is -0.454 e. The lowest BCUT2D eigenvalue weighted by Gasteiger charge is -2.31. The van der Waals surface area contributed by atoms with Crippen molar-refractivity contribution in [3.8, 4) is 11.5 Å². The van der Waals surface area contributed by atoms with Gasteiger partial charge in [-0.05, 0) is 86.9 Å². The Labute approximate surface area is 176 Å². The van der Waals surface area contributed by atoms with Crippen LogP contribution in [0.25, 0.3) is 0 Å². The van der Waals surface area contributed by atoms with Crippen LogP contribution >= 0.6 is 0 Å². The van der Waals surface area contributed by atoms with Gasteiger partial charge in [-0.3, -0.25) is 14.7 Å². The third-order valence-corrected chi connectivity index (χ3v) is 7.42. The molecule has 1 saturated carbocycles. The number of amides is 1. The number of piperidine rings is 1. The normalized spacial score (nSPS) is 27.3. The lowest BCUT2D eigenvalue weighted by atomic mass is 9.90. The lowest BCUT2D eigenvalue weighted by Crippen LogP contribution is -2.33. The zero-order valence-electron chi connectivity index (χ0n) is 17.1. The maximum absolute atomic E-state index is 12.5. The lowest BCUT2D eigenvalue weighted by molar-refractivity contribution is 0.0948. The highest BCUT2D eigenvalue weighted by Crippen LogP contribution is 2.59. The molecule has 6 rings (SSSR count). The van der Waals surface area contributed by atoms with Gasteiger partial charge in [0.2, 0.25) is 6.79 Å². The number of hydrogen-bond acceptors (Lipinski definition) is 5. The summed E-state index contributed by atoms with van der Waals surface area (Å²) in [6.45, 7) is 3.51. The van der Waals surface area contributed by atoms with Gasteiger partial charge in [-0.2, -0.15) is 0 Å². The minimum absolute atomic E-state index is 0.0358. The van der Waals surface area contributed by atoms with Gasteiger partial charge in [-0.15, -0.1) is 0 Å². The Bertz CT molecular complexity index is 971. The average Bonchev–Trinajstić information content (AvgIpc) is 3.13. The molecule has 1 aliphatic carbocycles. The Hall–Kier alpha value is -2.60. The first kappa shape index (κ1) is 18.2. The molecule has 0 bridgehead atoms. The maximum Gasteiger partial charge on any atom is 0.252 e. The summed E-state index contributed by atoms with van der Waals surface area (Å²) in [5.74, 6) is 2.82. The number of nitrogens with zero attached hydrogens (tertiary/aromatic N) is 2. The number of pyridine rings is 1. The van der Waals surface area contributed by atoms with E-state index in [4.69, 9.17) is 9.47 Å². The number of carbonyl (C=O) groups excluding carboxylic acids is 1. The van der Waals surface area contributed by atoms with Crippen molar-refractivity contribution in [2.24, 2.45) is 11.8 Å². The topological polar surface area (TPSA) is 63.7 Å². The summed E-state index contributed by atoms with van der Waals surface area (Å²) in [4.78, 5) is 19.5. The summed E-state index contributed by atoms with van der Waals surface area (Å²) in [6.07, 6.45) is 7.87. The van der Waals surface area contributed by atoms with Gasteiger partial charge in [0.15, 0.2) is 11.5 Å². The van der Waals surface area contributed by atoms with E-state index < -0.39 is 0 Å². The molecule has 2 unspecified atom stereocenters. The predicted molar refractivity (Wildman–Crippen MR) is 111 cm³/mol. The summed E-state index contributed by atoms with van der Waals surface area (Å²) in [6, 6.07) is 10.0. The Morgan fingerprint density at radius 2 is 1.97 bits per heavy atom. The van der Waals surface area contributed by atoms with Gasteiger partial charge in [0.1, 0.15) is 0 Å². The third kappa shape index (κ3) is 3.05. The molecule has 30 heavy (non-hydrogen) atoms. The molecular weight excluding hydrogens is 378 g/mol. The molecule has 4 heterocycles. The molecule has 3 aliphatic heterocycles. The summed E-state index contributed by atoms with van der Waals surface area (Å²) in [7, 11) is 0. The van der Waals surface area contributed by atoms with Crippen LogP contribution in [-0.4, -0.2) is 35.7 Å². The molecule has 6 heteroatoms. The van der Waals surface area contributed by atoms with Gasteiger partial charge < -0.3 is 14.8 Å². The fourth-order valence-electron chi connectivity index (χ4n) is 5.59. The van der Waals surface area contributed by atoms with Crippen LogP contribution in [0, 0.1) is 11.8 Å². The van der Waals surface area contributed by atoms with Crippen molar-refractivity contribution in [1.29, 1.82) is 0 Å². The van der Waals surface area contributed by atoms with Crippen LogP contribution in [0.4, 0.5) is 0 Å². The fraction of sp³-hybridized carbons (Fsp3) is 0.500. The molecule has 2 fully saturated rings. The van der Waals surface area contributed by atoms with Gasteiger partial charge in [-0.25, -0.2) is 0 Å². The number of nitrogens with one attached hydrogen (secondary N) is 1. The molecule has 4 aliphatic rings. The van der Waals surface area contributed by atoms with E-state index >= 15 is 0 Å². The number of hydrogen-bond donors (Lipinski definition) is 1. The predicted octanol–water partition coefficient (Wildman–Crippen LogP) is 3.46. The molecule has 1 spiro atoms. The van der Waals surface area contributed by atoms with E-state index in [1.54, 1.807) is 0 Å². The van der Waals surface area contributed by atoms with E-state index in [0.29, 0.717) is 11.7 Å². The summed E-state index contributed by atoms with van der Waals surface area (Å²) in [5.41, 5.74) is 2.89. The molecule has 1 saturated heterocycles. The molecule has 6 nitrogen and oxygen atoms in total. The van der Waals surface area contributed by atoms with Gasteiger partial charge in [0.05, 0.1) is 11.2 Å². The number of rotatable bonds is 5. The molecule has 1 aromatic carbocycles. The van der Waals surface area contributed by atoms with E-state index in [1.165, 1.54) is 25.7 Å². The fourth-order valence-corrected chi connectivity index (χ4v) is 5.59. The Morgan fingerprint density at radius 1 is 1.13 bits per heavy atom. The van der Waals surface area contributed by atoms with Gasteiger partial charge in [-0.1, -0.05) is 6.07 Å². The summed E-state index contributed by atoms with van der Waals surface area (Å²) in [5, 5.41) is 3.28. The van der Waals surface area contributed by atoms with Gasteiger partial charge in [0.25, 0.3) is 5.91 Å². The van der Waals surface area contributed by atoms with E-state index in [2.05, 4.69) is 27.3 Å². The Morgan fingerprint density at radius 3 is 2.77 bits per heavy atom. The monoisotopic (exact) mass is 405 g/mol. The van der Waals surface area contributed by atoms with Crippen molar-refractivity contribution in [2.45, 2.75) is 44.2 Å². The van der Waals surface area contributed by atoms with Crippen LogP contribution in [0.5, 0.6) is 11.5 Å². The highest BCUT2D eigenvalue weighted by molar-refractivity contribution is 6.01.